The van der Waals surface area contributed by atoms with E-state index in [0.717, 1.165) is 69.9 Å². The number of piperazine rings is 1. The molecule has 0 aliphatic carbocycles. The lowest BCUT2D eigenvalue weighted by Crippen LogP contribution is -2.45. The lowest BCUT2D eigenvalue weighted by atomic mass is 10.2. The maximum Gasteiger partial charge on any atom is 0.513 e. The monoisotopic (exact) mass is 577 g/mol. The summed E-state index contributed by atoms with van der Waals surface area (Å²) < 4.78 is 47.4. The van der Waals surface area contributed by atoms with Gasteiger partial charge in [0.1, 0.15) is 18.2 Å². The normalized spacial score (nSPS) is 14.4. The standard InChI is InChI=1S/C21H26BrF2N5O5S/c1-28-6-8-29(9-7-28)5-3-4-25-20(30)26-19-17(34-21(31)32-2)18(27-35-19)33-12-14-15(23)10-13(22)11-16(14)24/h10-11H,3-9,12H2,1-2H3,(H2,25,26,30). The van der Waals surface area contributed by atoms with Crippen LogP contribution in [0.2, 0.25) is 0 Å². The first-order valence-electron chi connectivity index (χ1n) is 10.7. The van der Waals surface area contributed by atoms with Crippen molar-refractivity contribution in [2.75, 3.05) is 58.7 Å². The number of hydrogen-bond acceptors (Lipinski definition) is 9. The number of anilines is 1. The average molecular weight is 578 g/mol. The van der Waals surface area contributed by atoms with Gasteiger partial charge < -0.3 is 29.3 Å². The van der Waals surface area contributed by atoms with Gasteiger partial charge in [0.05, 0.1) is 12.7 Å². The maximum atomic E-state index is 14.1. The number of nitrogens with zero attached hydrogens (tertiary/aromatic N) is 3. The Morgan fingerprint density at radius 1 is 1.20 bits per heavy atom. The molecule has 0 radical (unpaired) electrons. The molecule has 0 spiro atoms. The van der Waals surface area contributed by atoms with Gasteiger partial charge in [0.15, 0.2) is 5.00 Å². The van der Waals surface area contributed by atoms with E-state index in [1.54, 1.807) is 0 Å². The minimum Gasteiger partial charge on any atom is -0.469 e. The van der Waals surface area contributed by atoms with Crippen LogP contribution in [0.3, 0.4) is 0 Å². The Balaban J connectivity index is 1.57. The van der Waals surface area contributed by atoms with E-state index in [0.29, 0.717) is 6.54 Å². The molecule has 2 N–H and O–H groups in total. The molecular formula is C21H26BrF2N5O5S. The van der Waals surface area contributed by atoms with Gasteiger partial charge >= 0.3 is 12.2 Å². The van der Waals surface area contributed by atoms with Crippen molar-refractivity contribution >= 4 is 44.6 Å². The summed E-state index contributed by atoms with van der Waals surface area (Å²) in [6.07, 6.45) is -0.309. The first-order valence-corrected chi connectivity index (χ1v) is 12.3. The highest BCUT2D eigenvalue weighted by molar-refractivity contribution is 9.10. The zero-order valence-corrected chi connectivity index (χ0v) is 21.6. The number of rotatable bonds is 9. The predicted molar refractivity (Wildman–Crippen MR) is 129 cm³/mol. The summed E-state index contributed by atoms with van der Waals surface area (Å²) in [6.45, 7) is 4.82. The first kappa shape index (κ1) is 27.0. The van der Waals surface area contributed by atoms with E-state index in [4.69, 9.17) is 9.47 Å². The van der Waals surface area contributed by atoms with Crippen LogP contribution >= 0.6 is 27.5 Å². The van der Waals surface area contributed by atoms with Crippen molar-refractivity contribution in [2.24, 2.45) is 0 Å². The average Bonchev–Trinajstić information content (AvgIpc) is 3.17. The Labute approximate surface area is 213 Å². The Hall–Kier alpha value is -2.55. The SMILES string of the molecule is COC(=O)Oc1c(OCc2c(F)cc(Br)cc2F)nsc1NC(=O)NCCCN1CCN(C)CC1. The first-order chi connectivity index (χ1) is 16.8. The van der Waals surface area contributed by atoms with Crippen molar-refractivity contribution in [3.63, 3.8) is 0 Å². The van der Waals surface area contributed by atoms with Crippen molar-refractivity contribution in [1.82, 2.24) is 19.5 Å². The van der Waals surface area contributed by atoms with E-state index in [-0.39, 0.29) is 26.7 Å². The molecule has 1 aromatic heterocycles. The van der Waals surface area contributed by atoms with Crippen LogP contribution in [0.4, 0.5) is 23.4 Å². The quantitative estimate of drug-likeness (QED) is 0.343. The van der Waals surface area contributed by atoms with Crippen molar-refractivity contribution in [2.45, 2.75) is 13.0 Å². The molecule has 192 valence electrons. The molecule has 2 amide bonds. The zero-order chi connectivity index (χ0) is 25.4. The fourth-order valence-corrected chi connectivity index (χ4v) is 4.29. The molecule has 3 rings (SSSR count). The smallest absolute Gasteiger partial charge is 0.469 e. The van der Waals surface area contributed by atoms with Crippen LogP contribution < -0.4 is 20.1 Å². The van der Waals surface area contributed by atoms with Crippen LogP contribution in [0, 0.1) is 11.6 Å². The Bertz CT molecular complexity index is 1010. The largest absolute Gasteiger partial charge is 0.513 e. The molecule has 0 atom stereocenters. The Morgan fingerprint density at radius 2 is 1.89 bits per heavy atom. The van der Waals surface area contributed by atoms with E-state index in [2.05, 4.69) is 52.5 Å². The van der Waals surface area contributed by atoms with E-state index in [9.17, 15) is 18.4 Å². The number of carbonyl (C=O) groups is 2. The van der Waals surface area contributed by atoms with Gasteiger partial charge in [-0.05, 0) is 43.7 Å². The number of urea groups is 1. The highest BCUT2D eigenvalue weighted by Crippen LogP contribution is 2.39. The molecule has 0 unspecified atom stereocenters. The number of halogens is 3. The van der Waals surface area contributed by atoms with E-state index in [1.807, 2.05) is 0 Å². The minimum absolute atomic E-state index is 0.0683. The number of aromatic nitrogens is 1. The number of hydrogen-bond donors (Lipinski definition) is 2. The van der Waals surface area contributed by atoms with Crippen molar-refractivity contribution in [3.8, 4) is 11.6 Å². The molecular weight excluding hydrogens is 552 g/mol. The zero-order valence-electron chi connectivity index (χ0n) is 19.2. The number of methoxy groups -OCH3 is 1. The van der Waals surface area contributed by atoms with Crippen LogP contribution in [0.25, 0.3) is 0 Å². The molecule has 2 heterocycles. The van der Waals surface area contributed by atoms with Crippen LogP contribution in [0.1, 0.15) is 12.0 Å². The number of amides is 2. The van der Waals surface area contributed by atoms with E-state index in [1.165, 1.54) is 0 Å². The number of nitrogens with one attached hydrogen (secondary N) is 2. The van der Waals surface area contributed by atoms with Gasteiger partial charge in [0.25, 0.3) is 5.88 Å². The van der Waals surface area contributed by atoms with Crippen molar-refractivity contribution < 1.29 is 32.6 Å². The Morgan fingerprint density at radius 3 is 2.54 bits per heavy atom. The van der Waals surface area contributed by atoms with Crippen LogP contribution in [-0.2, 0) is 11.3 Å². The molecule has 35 heavy (non-hydrogen) atoms. The minimum atomic E-state index is -1.08. The maximum absolute atomic E-state index is 14.1. The third-order valence-corrected chi connectivity index (χ3v) is 6.38. The highest BCUT2D eigenvalue weighted by Gasteiger charge is 2.23. The second kappa shape index (κ2) is 13.0. The van der Waals surface area contributed by atoms with Crippen LogP contribution in [0.15, 0.2) is 16.6 Å². The fraction of sp³-hybridized carbons (Fsp3) is 0.476. The van der Waals surface area contributed by atoms with Gasteiger partial charge in [-0.2, -0.15) is 0 Å². The highest BCUT2D eigenvalue weighted by atomic mass is 79.9. The predicted octanol–water partition coefficient (Wildman–Crippen LogP) is 3.67. The molecule has 0 saturated carbocycles. The Kier molecular flexibility index (Phi) is 10.0. The lowest BCUT2D eigenvalue weighted by Gasteiger charge is -2.32. The number of benzene rings is 1. The molecule has 14 heteroatoms. The van der Waals surface area contributed by atoms with Gasteiger partial charge in [-0.3, -0.25) is 5.32 Å². The summed E-state index contributed by atoms with van der Waals surface area (Å²) in [4.78, 5) is 28.6. The lowest BCUT2D eigenvalue weighted by molar-refractivity contribution is 0.119. The molecule has 10 nitrogen and oxygen atoms in total. The summed E-state index contributed by atoms with van der Waals surface area (Å²) >= 11 is 3.79. The van der Waals surface area contributed by atoms with Gasteiger partial charge in [0, 0.05) is 37.2 Å². The van der Waals surface area contributed by atoms with Gasteiger partial charge in [-0.15, -0.1) is 4.37 Å². The summed E-state index contributed by atoms with van der Waals surface area (Å²) in [5.74, 6) is -2.10. The summed E-state index contributed by atoms with van der Waals surface area (Å²) in [7, 11) is 3.20. The number of likely N-dealkylation sites (N-methyl/N-ethyl adjacent to an activating group) is 1. The molecule has 0 bridgehead atoms. The number of ether oxygens (including phenoxy) is 3. The van der Waals surface area contributed by atoms with Crippen LogP contribution in [0.5, 0.6) is 11.6 Å². The third-order valence-electron chi connectivity index (χ3n) is 5.19. The second-order valence-corrected chi connectivity index (χ2v) is 9.41. The summed E-state index contributed by atoms with van der Waals surface area (Å²) in [5.41, 5.74) is -0.335. The molecule has 1 fully saturated rings. The van der Waals surface area contributed by atoms with E-state index < -0.39 is 30.4 Å². The number of carbonyl (C=O) groups excluding carboxylic acids is 2. The van der Waals surface area contributed by atoms with Gasteiger partial charge in [-0.1, -0.05) is 15.9 Å². The molecule has 1 aliphatic heterocycles. The molecule has 2 aromatic rings. The molecule has 1 aromatic carbocycles. The summed E-state index contributed by atoms with van der Waals surface area (Å²) in [6, 6.07) is 1.66. The molecule has 1 aliphatic rings. The van der Waals surface area contributed by atoms with Gasteiger partial charge in [0.2, 0.25) is 5.75 Å². The second-order valence-electron chi connectivity index (χ2n) is 7.72. The molecule has 1 saturated heterocycles. The van der Waals surface area contributed by atoms with E-state index >= 15 is 0 Å². The van der Waals surface area contributed by atoms with Crippen molar-refractivity contribution in [1.29, 1.82) is 0 Å². The third kappa shape index (κ3) is 7.98. The van der Waals surface area contributed by atoms with Crippen molar-refractivity contribution in [3.05, 3.63) is 33.8 Å². The fourth-order valence-electron chi connectivity index (χ4n) is 3.23. The van der Waals surface area contributed by atoms with Gasteiger partial charge in [-0.25, -0.2) is 18.4 Å². The summed E-state index contributed by atoms with van der Waals surface area (Å²) in [5, 5.41) is 5.36. The van der Waals surface area contributed by atoms with Crippen LogP contribution in [-0.4, -0.2) is 79.8 Å². The topological polar surface area (TPSA) is 105 Å².